The topological polar surface area (TPSA) is 89.6 Å². The van der Waals surface area contributed by atoms with Crippen molar-refractivity contribution < 1.29 is 19.0 Å². The molecule has 9 heteroatoms. The molecular formula is C28H25ClN4O4. The lowest BCUT2D eigenvalue weighted by molar-refractivity contribution is 0.0867. The number of H-pyrrole nitrogens is 1. The van der Waals surface area contributed by atoms with Crippen LogP contribution in [0.1, 0.15) is 30.1 Å². The molecular weight excluding hydrogens is 492 g/mol. The highest BCUT2D eigenvalue weighted by molar-refractivity contribution is 6.31. The molecule has 6 rings (SSSR count). The van der Waals surface area contributed by atoms with Crippen molar-refractivity contribution in [1.29, 1.82) is 0 Å². The number of aromatic amines is 1. The van der Waals surface area contributed by atoms with Crippen LogP contribution in [0.25, 0.3) is 22.6 Å². The van der Waals surface area contributed by atoms with Gasteiger partial charge in [-0.15, -0.1) is 0 Å². The van der Waals surface area contributed by atoms with Crippen LogP contribution < -0.4 is 9.47 Å². The molecule has 1 fully saturated rings. The summed E-state index contributed by atoms with van der Waals surface area (Å²) < 4.78 is 16.6. The van der Waals surface area contributed by atoms with E-state index < -0.39 is 0 Å². The van der Waals surface area contributed by atoms with Gasteiger partial charge in [-0.2, -0.15) is 0 Å². The second-order valence-corrected chi connectivity index (χ2v) is 9.44. The van der Waals surface area contributed by atoms with Crippen LogP contribution in [0.4, 0.5) is 4.79 Å². The first kappa shape index (κ1) is 23.4. The summed E-state index contributed by atoms with van der Waals surface area (Å²) in [7, 11) is 0. The summed E-state index contributed by atoms with van der Waals surface area (Å²) in [4.78, 5) is 27.5. The molecule has 0 aliphatic carbocycles. The monoisotopic (exact) mass is 516 g/mol. The van der Waals surface area contributed by atoms with Crippen LogP contribution in [0, 0.1) is 0 Å². The van der Waals surface area contributed by atoms with Crippen molar-refractivity contribution in [3.63, 3.8) is 0 Å². The van der Waals surface area contributed by atoms with Gasteiger partial charge in [0.25, 0.3) is 0 Å². The highest BCUT2D eigenvalue weighted by Crippen LogP contribution is 2.39. The van der Waals surface area contributed by atoms with Gasteiger partial charge in [0.05, 0.1) is 17.1 Å². The lowest BCUT2D eigenvalue weighted by Crippen LogP contribution is -2.38. The zero-order chi connectivity index (χ0) is 25.2. The first-order valence-corrected chi connectivity index (χ1v) is 12.6. The summed E-state index contributed by atoms with van der Waals surface area (Å²) in [6.07, 6.45) is 2.99. The number of benzene rings is 2. The highest BCUT2D eigenvalue weighted by atomic mass is 35.5. The lowest BCUT2D eigenvalue weighted by Gasteiger charge is -2.30. The van der Waals surface area contributed by atoms with Gasteiger partial charge in [0.1, 0.15) is 12.4 Å². The zero-order valence-corrected chi connectivity index (χ0v) is 20.8. The average molecular weight is 517 g/mol. The third kappa shape index (κ3) is 4.84. The molecule has 1 N–H and O–H groups in total. The van der Waals surface area contributed by atoms with Crippen LogP contribution >= 0.6 is 11.6 Å². The number of hydrogen-bond acceptors (Lipinski definition) is 6. The number of aromatic nitrogens is 3. The zero-order valence-electron chi connectivity index (χ0n) is 20.0. The maximum absolute atomic E-state index is 12.7. The molecule has 4 heterocycles. The van der Waals surface area contributed by atoms with E-state index in [1.807, 2.05) is 54.6 Å². The van der Waals surface area contributed by atoms with Crippen molar-refractivity contribution in [2.75, 3.05) is 19.9 Å². The van der Waals surface area contributed by atoms with Crippen LogP contribution in [0.15, 0.2) is 66.9 Å². The van der Waals surface area contributed by atoms with Gasteiger partial charge in [-0.25, -0.2) is 9.78 Å². The number of nitrogens with zero attached hydrogens (tertiary/aromatic N) is 3. The van der Waals surface area contributed by atoms with E-state index in [0.29, 0.717) is 23.9 Å². The van der Waals surface area contributed by atoms with Crippen molar-refractivity contribution >= 4 is 17.7 Å². The van der Waals surface area contributed by atoms with Crippen molar-refractivity contribution in [3.8, 4) is 34.1 Å². The predicted octanol–water partition coefficient (Wildman–Crippen LogP) is 6.04. The molecule has 0 unspecified atom stereocenters. The molecule has 37 heavy (non-hydrogen) atoms. The molecule has 8 nitrogen and oxygen atoms in total. The minimum Gasteiger partial charge on any atom is -0.454 e. The number of hydrogen-bond donors (Lipinski definition) is 1. The average Bonchev–Trinajstić information content (AvgIpc) is 3.60. The molecule has 2 aliphatic heterocycles. The number of carbonyl (C=O) groups is 1. The molecule has 4 aromatic rings. The van der Waals surface area contributed by atoms with Gasteiger partial charge >= 0.3 is 6.09 Å². The van der Waals surface area contributed by atoms with Crippen LogP contribution in [0.2, 0.25) is 5.02 Å². The molecule has 0 spiro atoms. The molecule has 1 saturated heterocycles. The molecule has 0 atom stereocenters. The first-order chi connectivity index (χ1) is 18.2. The molecule has 0 saturated carbocycles. The van der Waals surface area contributed by atoms with E-state index in [1.54, 1.807) is 17.2 Å². The summed E-state index contributed by atoms with van der Waals surface area (Å²) in [5, 5.41) is 0.591. The van der Waals surface area contributed by atoms with Gasteiger partial charge in [-0.3, -0.25) is 4.98 Å². The van der Waals surface area contributed by atoms with Crippen LogP contribution in [-0.2, 0) is 11.3 Å². The lowest BCUT2D eigenvalue weighted by atomic mass is 9.96. The Labute approximate surface area is 219 Å². The quantitative estimate of drug-likeness (QED) is 0.348. The van der Waals surface area contributed by atoms with E-state index in [-0.39, 0.29) is 25.4 Å². The highest BCUT2D eigenvalue weighted by Gasteiger charge is 2.28. The van der Waals surface area contributed by atoms with E-state index in [9.17, 15) is 4.79 Å². The van der Waals surface area contributed by atoms with Gasteiger partial charge in [-0.05, 0) is 49.2 Å². The Hall–Kier alpha value is -4.04. The molecule has 2 aliphatic rings. The third-order valence-electron chi connectivity index (χ3n) is 6.74. The van der Waals surface area contributed by atoms with Gasteiger partial charge in [0, 0.05) is 41.4 Å². The Morgan fingerprint density at radius 1 is 1.05 bits per heavy atom. The number of fused-ring (bicyclic) bond motifs is 1. The number of likely N-dealkylation sites (tertiary alicyclic amines) is 1. The number of piperidine rings is 1. The molecule has 188 valence electrons. The summed E-state index contributed by atoms with van der Waals surface area (Å²) >= 11 is 6.18. The maximum Gasteiger partial charge on any atom is 0.410 e. The largest absolute Gasteiger partial charge is 0.454 e. The Bertz CT molecular complexity index is 1420. The van der Waals surface area contributed by atoms with Gasteiger partial charge in [0.2, 0.25) is 6.79 Å². The third-order valence-corrected chi connectivity index (χ3v) is 7.11. The van der Waals surface area contributed by atoms with Crippen molar-refractivity contribution in [2.24, 2.45) is 0 Å². The fourth-order valence-corrected chi connectivity index (χ4v) is 4.91. The van der Waals surface area contributed by atoms with E-state index in [2.05, 4.69) is 9.97 Å². The Morgan fingerprint density at radius 3 is 2.68 bits per heavy atom. The number of ether oxygens (including phenoxy) is 3. The van der Waals surface area contributed by atoms with Gasteiger partial charge in [0.15, 0.2) is 11.5 Å². The standard InChI is InChI=1S/C28H25ClN4O4/c29-21-6-2-1-5-20(21)16-35-28(34)33-13-10-18(11-14-33)27-31-25(26(32-27)22-7-3-4-12-30-22)19-8-9-23-24(15-19)37-17-36-23/h1-9,12,15,18H,10-11,13-14,16-17H2,(H,31,32). The molecule has 0 bridgehead atoms. The number of nitrogens with one attached hydrogen (secondary N) is 1. The normalized spacial score (nSPS) is 15.1. The number of halogens is 1. The smallest absolute Gasteiger partial charge is 0.410 e. The number of amides is 1. The van der Waals surface area contributed by atoms with Crippen LogP contribution in [-0.4, -0.2) is 45.8 Å². The van der Waals surface area contributed by atoms with E-state index in [0.717, 1.165) is 52.6 Å². The molecule has 2 aromatic heterocycles. The number of carbonyl (C=O) groups excluding carboxylic acids is 1. The SMILES string of the molecule is O=C(OCc1ccccc1Cl)N1CCC(c2nc(-c3ccc4c(c3)OCO4)c(-c3ccccn3)[nH]2)CC1. The fraction of sp³-hybridized carbons (Fsp3) is 0.250. The summed E-state index contributed by atoms with van der Waals surface area (Å²) in [6, 6.07) is 19.0. The molecule has 0 radical (unpaired) electrons. The second kappa shape index (κ2) is 10.1. The molecule has 1 amide bonds. The minimum absolute atomic E-state index is 0.156. The Kier molecular flexibility index (Phi) is 6.40. The van der Waals surface area contributed by atoms with Crippen molar-refractivity contribution in [3.05, 3.63) is 83.3 Å². The second-order valence-electron chi connectivity index (χ2n) is 9.04. The van der Waals surface area contributed by atoms with E-state index in [4.69, 9.17) is 30.8 Å². The van der Waals surface area contributed by atoms with E-state index in [1.165, 1.54) is 0 Å². The van der Waals surface area contributed by atoms with E-state index >= 15 is 0 Å². The van der Waals surface area contributed by atoms with Crippen LogP contribution in [0.5, 0.6) is 11.5 Å². The van der Waals surface area contributed by atoms with Crippen LogP contribution in [0.3, 0.4) is 0 Å². The first-order valence-electron chi connectivity index (χ1n) is 12.2. The summed E-state index contributed by atoms with van der Waals surface area (Å²) in [5.41, 5.74) is 4.20. The fourth-order valence-electron chi connectivity index (χ4n) is 4.72. The minimum atomic E-state index is -0.326. The number of rotatable bonds is 5. The van der Waals surface area contributed by atoms with Crippen molar-refractivity contribution in [1.82, 2.24) is 19.9 Å². The Balaban J connectivity index is 1.18. The predicted molar refractivity (Wildman–Crippen MR) is 139 cm³/mol. The van der Waals surface area contributed by atoms with Gasteiger partial charge < -0.3 is 24.1 Å². The summed E-state index contributed by atoms with van der Waals surface area (Å²) in [6.45, 7) is 1.55. The maximum atomic E-state index is 12.7. The Morgan fingerprint density at radius 2 is 1.86 bits per heavy atom. The molecule has 2 aromatic carbocycles. The van der Waals surface area contributed by atoms with Gasteiger partial charge in [-0.1, -0.05) is 35.9 Å². The van der Waals surface area contributed by atoms with Crippen molar-refractivity contribution in [2.45, 2.75) is 25.4 Å². The number of imidazole rings is 1. The summed E-state index contributed by atoms with van der Waals surface area (Å²) in [5.74, 6) is 2.50. The number of pyridine rings is 1.